The SMILES string of the molecule is O=C(c1csc(C2OC=CO2)c1)c1cc(Br)ccc1CCO. The van der Waals surface area contributed by atoms with Crippen LogP contribution in [-0.4, -0.2) is 17.5 Å². The molecule has 6 heteroatoms. The van der Waals surface area contributed by atoms with Crippen LogP contribution < -0.4 is 0 Å². The number of ether oxygens (including phenoxy) is 2. The predicted molar refractivity (Wildman–Crippen MR) is 86.7 cm³/mol. The summed E-state index contributed by atoms with van der Waals surface area (Å²) in [5, 5.41) is 11.0. The Morgan fingerprint density at radius 1 is 1.27 bits per heavy atom. The molecule has 0 fully saturated rings. The molecule has 114 valence electrons. The van der Waals surface area contributed by atoms with Crippen molar-refractivity contribution >= 4 is 33.0 Å². The van der Waals surface area contributed by atoms with E-state index < -0.39 is 6.29 Å². The van der Waals surface area contributed by atoms with E-state index in [1.807, 2.05) is 12.1 Å². The molecule has 0 aliphatic carbocycles. The molecule has 4 nitrogen and oxygen atoms in total. The Morgan fingerprint density at radius 2 is 2.05 bits per heavy atom. The molecule has 0 spiro atoms. The zero-order chi connectivity index (χ0) is 15.5. The maximum absolute atomic E-state index is 12.7. The average Bonchev–Trinajstić information content (AvgIpc) is 3.19. The van der Waals surface area contributed by atoms with E-state index in [0.717, 1.165) is 14.9 Å². The average molecular weight is 381 g/mol. The topological polar surface area (TPSA) is 55.8 Å². The summed E-state index contributed by atoms with van der Waals surface area (Å²) >= 11 is 4.81. The first-order chi connectivity index (χ1) is 10.7. The Balaban J connectivity index is 1.89. The third-order valence-corrected chi connectivity index (χ3v) is 4.72. The zero-order valence-electron chi connectivity index (χ0n) is 11.5. The van der Waals surface area contributed by atoms with E-state index in [2.05, 4.69) is 15.9 Å². The summed E-state index contributed by atoms with van der Waals surface area (Å²) in [5.74, 6) is -0.0711. The fourth-order valence-electron chi connectivity index (χ4n) is 2.22. The van der Waals surface area contributed by atoms with Crippen molar-refractivity contribution in [3.05, 3.63) is 68.2 Å². The van der Waals surface area contributed by atoms with Gasteiger partial charge in [0.25, 0.3) is 6.29 Å². The van der Waals surface area contributed by atoms with E-state index >= 15 is 0 Å². The predicted octanol–water partition coefficient (Wildman–Crippen LogP) is 3.79. The Bertz CT molecular complexity index is 715. The number of thiophene rings is 1. The number of ketones is 1. The molecule has 2 aromatic rings. The van der Waals surface area contributed by atoms with Crippen LogP contribution in [-0.2, 0) is 15.9 Å². The van der Waals surface area contributed by atoms with Crippen LogP contribution in [0.15, 0.2) is 46.6 Å². The molecular formula is C16H13BrO4S. The fraction of sp³-hybridized carbons (Fsp3) is 0.188. The molecule has 0 amide bonds. The fourth-order valence-corrected chi connectivity index (χ4v) is 3.44. The zero-order valence-corrected chi connectivity index (χ0v) is 13.9. The number of benzene rings is 1. The first-order valence-corrected chi connectivity index (χ1v) is 8.34. The largest absolute Gasteiger partial charge is 0.454 e. The Labute approximate surface area is 140 Å². The standard InChI is InChI=1S/C16H13BrO4S/c17-12-2-1-10(3-4-18)13(8-12)15(19)11-7-14(22-9-11)16-20-5-6-21-16/h1-2,5-9,16,18H,3-4H2. The first kappa shape index (κ1) is 15.3. The third kappa shape index (κ3) is 3.09. The molecular weight excluding hydrogens is 368 g/mol. The highest BCUT2D eigenvalue weighted by Crippen LogP contribution is 2.31. The molecule has 22 heavy (non-hydrogen) atoms. The van der Waals surface area contributed by atoms with Gasteiger partial charge in [0.1, 0.15) is 12.5 Å². The van der Waals surface area contributed by atoms with Crippen molar-refractivity contribution in [3.63, 3.8) is 0 Å². The minimum Gasteiger partial charge on any atom is -0.454 e. The summed E-state index contributed by atoms with van der Waals surface area (Å²) < 4.78 is 11.4. The number of hydrogen-bond acceptors (Lipinski definition) is 5. The molecule has 1 aliphatic rings. The highest BCUT2D eigenvalue weighted by atomic mass is 79.9. The molecule has 2 heterocycles. The summed E-state index contributed by atoms with van der Waals surface area (Å²) in [5.41, 5.74) is 2.02. The second-order valence-corrected chi connectivity index (χ2v) is 6.58. The second-order valence-electron chi connectivity index (χ2n) is 4.72. The van der Waals surface area contributed by atoms with Crippen molar-refractivity contribution in [1.82, 2.24) is 0 Å². The van der Waals surface area contributed by atoms with Crippen LogP contribution in [0.2, 0.25) is 0 Å². The quantitative estimate of drug-likeness (QED) is 0.801. The number of aliphatic hydroxyl groups excluding tert-OH is 1. The van der Waals surface area contributed by atoms with Gasteiger partial charge in [-0.15, -0.1) is 11.3 Å². The Hall–Kier alpha value is -1.63. The molecule has 1 aromatic carbocycles. The second kappa shape index (κ2) is 6.64. The van der Waals surface area contributed by atoms with Gasteiger partial charge in [0, 0.05) is 27.6 Å². The van der Waals surface area contributed by atoms with Crippen LogP contribution in [0.1, 0.15) is 32.7 Å². The Morgan fingerprint density at radius 3 is 2.77 bits per heavy atom. The van der Waals surface area contributed by atoms with Crippen LogP contribution in [0.25, 0.3) is 0 Å². The number of carbonyl (C=O) groups is 1. The van der Waals surface area contributed by atoms with E-state index in [0.29, 0.717) is 17.5 Å². The van der Waals surface area contributed by atoms with Crippen LogP contribution in [0.4, 0.5) is 0 Å². The lowest BCUT2D eigenvalue weighted by Crippen LogP contribution is -2.06. The summed E-state index contributed by atoms with van der Waals surface area (Å²) in [7, 11) is 0. The van der Waals surface area contributed by atoms with Gasteiger partial charge in [0.15, 0.2) is 5.78 Å². The number of rotatable bonds is 5. The van der Waals surface area contributed by atoms with Crippen molar-refractivity contribution in [2.75, 3.05) is 6.61 Å². The highest BCUT2D eigenvalue weighted by molar-refractivity contribution is 9.10. The van der Waals surface area contributed by atoms with Crippen LogP contribution in [0.5, 0.6) is 0 Å². The van der Waals surface area contributed by atoms with Crippen molar-refractivity contribution in [3.8, 4) is 0 Å². The monoisotopic (exact) mass is 380 g/mol. The number of hydrogen-bond donors (Lipinski definition) is 1. The van der Waals surface area contributed by atoms with E-state index in [1.165, 1.54) is 23.9 Å². The first-order valence-electron chi connectivity index (χ1n) is 6.67. The van der Waals surface area contributed by atoms with Gasteiger partial charge in [-0.25, -0.2) is 0 Å². The molecule has 1 aromatic heterocycles. The van der Waals surface area contributed by atoms with Gasteiger partial charge in [-0.3, -0.25) is 4.79 Å². The molecule has 0 atom stereocenters. The lowest BCUT2D eigenvalue weighted by molar-refractivity contribution is -0.0216. The molecule has 3 rings (SSSR count). The van der Waals surface area contributed by atoms with Crippen LogP contribution >= 0.6 is 27.3 Å². The molecule has 0 unspecified atom stereocenters. The minimum atomic E-state index is -0.467. The molecule has 0 saturated heterocycles. The summed E-state index contributed by atoms with van der Waals surface area (Å²) in [6.45, 7) is 0.00617. The summed E-state index contributed by atoms with van der Waals surface area (Å²) in [6, 6.07) is 7.30. The summed E-state index contributed by atoms with van der Waals surface area (Å²) in [6.07, 6.45) is 2.95. The Kier molecular flexibility index (Phi) is 4.61. The molecule has 1 N–H and O–H groups in total. The molecule has 0 saturated carbocycles. The van der Waals surface area contributed by atoms with Gasteiger partial charge in [0.05, 0.1) is 4.88 Å². The van der Waals surface area contributed by atoms with Gasteiger partial charge in [0.2, 0.25) is 0 Å². The van der Waals surface area contributed by atoms with Gasteiger partial charge in [-0.1, -0.05) is 22.0 Å². The van der Waals surface area contributed by atoms with Crippen molar-refractivity contribution in [2.45, 2.75) is 12.7 Å². The molecule has 0 radical (unpaired) electrons. The maximum atomic E-state index is 12.7. The molecule has 1 aliphatic heterocycles. The summed E-state index contributed by atoms with van der Waals surface area (Å²) in [4.78, 5) is 13.6. The van der Waals surface area contributed by atoms with Crippen LogP contribution in [0.3, 0.4) is 0 Å². The van der Waals surface area contributed by atoms with Gasteiger partial charge >= 0.3 is 0 Å². The van der Waals surface area contributed by atoms with Gasteiger partial charge < -0.3 is 14.6 Å². The number of aliphatic hydroxyl groups is 1. The number of halogens is 1. The van der Waals surface area contributed by atoms with E-state index in [9.17, 15) is 4.79 Å². The van der Waals surface area contributed by atoms with Crippen LogP contribution in [0, 0.1) is 0 Å². The van der Waals surface area contributed by atoms with E-state index in [1.54, 1.807) is 17.5 Å². The smallest absolute Gasteiger partial charge is 0.275 e. The van der Waals surface area contributed by atoms with Crippen molar-refractivity contribution in [2.24, 2.45) is 0 Å². The lowest BCUT2D eigenvalue weighted by atomic mass is 9.98. The van der Waals surface area contributed by atoms with Gasteiger partial charge in [-0.2, -0.15) is 0 Å². The minimum absolute atomic E-state index is 0.00617. The number of carbonyl (C=O) groups excluding carboxylic acids is 1. The highest BCUT2D eigenvalue weighted by Gasteiger charge is 2.21. The lowest BCUT2D eigenvalue weighted by Gasteiger charge is -2.08. The van der Waals surface area contributed by atoms with Gasteiger partial charge in [-0.05, 0) is 30.2 Å². The third-order valence-electron chi connectivity index (χ3n) is 3.27. The van der Waals surface area contributed by atoms with Crippen molar-refractivity contribution in [1.29, 1.82) is 0 Å². The molecule has 0 bridgehead atoms. The van der Waals surface area contributed by atoms with Crippen molar-refractivity contribution < 1.29 is 19.4 Å². The van der Waals surface area contributed by atoms with E-state index in [4.69, 9.17) is 14.6 Å². The normalized spacial score (nSPS) is 13.9. The maximum Gasteiger partial charge on any atom is 0.275 e. The van der Waals surface area contributed by atoms with E-state index in [-0.39, 0.29) is 12.4 Å².